The summed E-state index contributed by atoms with van der Waals surface area (Å²) in [6, 6.07) is 10.9. The first-order valence-corrected chi connectivity index (χ1v) is 12.2. The molecule has 2 amide bonds. The van der Waals surface area contributed by atoms with E-state index in [4.69, 9.17) is 14.2 Å². The zero-order chi connectivity index (χ0) is 25.2. The van der Waals surface area contributed by atoms with Crippen molar-refractivity contribution in [2.45, 2.75) is 51.5 Å². The van der Waals surface area contributed by atoms with E-state index in [-0.39, 0.29) is 18.2 Å². The van der Waals surface area contributed by atoms with Crippen LogP contribution in [0.15, 0.2) is 36.4 Å². The SMILES string of the molecule is CCCC(NC(=O)CCc1ccc(OC)c(OC)c1OC)C(=O)Nc1cccc(N2CCCC2)c1. The van der Waals surface area contributed by atoms with E-state index >= 15 is 0 Å². The summed E-state index contributed by atoms with van der Waals surface area (Å²) in [6.45, 7) is 4.07. The third-order valence-corrected chi connectivity index (χ3v) is 6.22. The van der Waals surface area contributed by atoms with Gasteiger partial charge in [0.1, 0.15) is 6.04 Å². The Kier molecular flexibility index (Phi) is 9.64. The van der Waals surface area contributed by atoms with E-state index in [1.807, 2.05) is 31.2 Å². The van der Waals surface area contributed by atoms with E-state index in [1.165, 1.54) is 12.8 Å². The Morgan fingerprint density at radius 1 is 1.00 bits per heavy atom. The number of carbonyl (C=O) groups excluding carboxylic acids is 2. The normalized spacial score (nSPS) is 13.8. The highest BCUT2D eigenvalue weighted by Crippen LogP contribution is 2.40. The summed E-state index contributed by atoms with van der Waals surface area (Å²) in [5, 5.41) is 5.89. The van der Waals surface area contributed by atoms with Gasteiger partial charge in [-0.05, 0) is 55.5 Å². The number of aryl methyl sites for hydroxylation is 1. The van der Waals surface area contributed by atoms with Gasteiger partial charge >= 0.3 is 0 Å². The summed E-state index contributed by atoms with van der Waals surface area (Å²) in [7, 11) is 4.67. The second-order valence-corrected chi connectivity index (χ2v) is 8.64. The molecule has 0 saturated carbocycles. The molecule has 1 atom stereocenters. The highest BCUT2D eigenvalue weighted by Gasteiger charge is 2.22. The quantitative estimate of drug-likeness (QED) is 0.471. The van der Waals surface area contributed by atoms with Crippen LogP contribution in [0.3, 0.4) is 0 Å². The van der Waals surface area contributed by atoms with Gasteiger partial charge in [-0.2, -0.15) is 0 Å². The molecule has 0 aromatic heterocycles. The van der Waals surface area contributed by atoms with Crippen molar-refractivity contribution in [3.8, 4) is 17.2 Å². The molecule has 2 N–H and O–H groups in total. The van der Waals surface area contributed by atoms with Crippen LogP contribution < -0.4 is 29.7 Å². The van der Waals surface area contributed by atoms with Crippen molar-refractivity contribution in [3.63, 3.8) is 0 Å². The van der Waals surface area contributed by atoms with Crippen molar-refractivity contribution < 1.29 is 23.8 Å². The molecule has 1 saturated heterocycles. The molecule has 2 aromatic carbocycles. The molecule has 3 rings (SSSR count). The fourth-order valence-electron chi connectivity index (χ4n) is 4.42. The fraction of sp³-hybridized carbons (Fsp3) is 0.481. The number of carbonyl (C=O) groups is 2. The predicted molar refractivity (Wildman–Crippen MR) is 138 cm³/mol. The first-order valence-electron chi connectivity index (χ1n) is 12.2. The zero-order valence-electron chi connectivity index (χ0n) is 21.2. The standard InChI is InChI=1S/C27H37N3O5/c1-5-9-22(27(32)28-20-10-8-11-21(18-20)30-16-6-7-17-30)29-24(31)15-13-19-12-14-23(33-2)26(35-4)25(19)34-3/h8,10-12,14,18,22H,5-7,9,13,15-17H2,1-4H3,(H,28,32)(H,29,31). The number of rotatable bonds is 12. The zero-order valence-corrected chi connectivity index (χ0v) is 21.2. The average molecular weight is 484 g/mol. The average Bonchev–Trinajstić information content (AvgIpc) is 3.41. The van der Waals surface area contributed by atoms with Crippen LogP contribution >= 0.6 is 0 Å². The lowest BCUT2D eigenvalue weighted by atomic mass is 10.1. The summed E-state index contributed by atoms with van der Waals surface area (Å²) in [6.07, 6.45) is 4.36. The molecule has 8 nitrogen and oxygen atoms in total. The molecule has 35 heavy (non-hydrogen) atoms. The molecular weight excluding hydrogens is 446 g/mol. The van der Waals surface area contributed by atoms with E-state index in [0.29, 0.717) is 30.1 Å². The van der Waals surface area contributed by atoms with Crippen LogP contribution in [0, 0.1) is 0 Å². The Labute approximate surface area is 207 Å². The van der Waals surface area contributed by atoms with E-state index in [0.717, 1.165) is 36.4 Å². The van der Waals surface area contributed by atoms with Gasteiger partial charge in [0.15, 0.2) is 11.5 Å². The van der Waals surface area contributed by atoms with Crippen LogP contribution in [0.2, 0.25) is 0 Å². The molecule has 1 heterocycles. The predicted octanol–water partition coefficient (Wildman–Crippen LogP) is 4.17. The lowest BCUT2D eigenvalue weighted by molar-refractivity contribution is -0.126. The van der Waals surface area contributed by atoms with Crippen molar-refractivity contribution in [1.82, 2.24) is 5.32 Å². The largest absolute Gasteiger partial charge is 0.493 e. The number of hydrogen-bond donors (Lipinski definition) is 2. The minimum atomic E-state index is -0.602. The van der Waals surface area contributed by atoms with E-state index in [2.05, 4.69) is 21.6 Å². The third-order valence-electron chi connectivity index (χ3n) is 6.22. The van der Waals surface area contributed by atoms with Gasteiger partial charge in [-0.25, -0.2) is 0 Å². The minimum Gasteiger partial charge on any atom is -0.493 e. The molecule has 1 fully saturated rings. The molecule has 1 aliphatic rings. The second kappa shape index (κ2) is 12.9. The Morgan fingerprint density at radius 2 is 1.74 bits per heavy atom. The van der Waals surface area contributed by atoms with E-state index < -0.39 is 6.04 Å². The first-order chi connectivity index (χ1) is 17.0. The Balaban J connectivity index is 1.61. The van der Waals surface area contributed by atoms with Crippen molar-refractivity contribution in [2.24, 2.45) is 0 Å². The van der Waals surface area contributed by atoms with Gasteiger partial charge in [-0.1, -0.05) is 25.5 Å². The summed E-state index contributed by atoms with van der Waals surface area (Å²) in [5.41, 5.74) is 2.68. The highest BCUT2D eigenvalue weighted by molar-refractivity contribution is 5.97. The Morgan fingerprint density at radius 3 is 2.40 bits per heavy atom. The van der Waals surface area contributed by atoms with Gasteiger partial charge in [0.2, 0.25) is 17.6 Å². The lowest BCUT2D eigenvalue weighted by Gasteiger charge is -2.21. The van der Waals surface area contributed by atoms with Crippen LogP contribution in [0.5, 0.6) is 17.2 Å². The molecule has 0 bridgehead atoms. The lowest BCUT2D eigenvalue weighted by Crippen LogP contribution is -2.43. The minimum absolute atomic E-state index is 0.193. The summed E-state index contributed by atoms with van der Waals surface area (Å²) < 4.78 is 16.3. The van der Waals surface area contributed by atoms with Crippen LogP contribution in [-0.2, 0) is 16.0 Å². The van der Waals surface area contributed by atoms with Crippen molar-refractivity contribution >= 4 is 23.2 Å². The van der Waals surface area contributed by atoms with Gasteiger partial charge in [0, 0.05) is 30.9 Å². The van der Waals surface area contributed by atoms with Crippen molar-refractivity contribution in [1.29, 1.82) is 0 Å². The molecule has 2 aromatic rings. The molecule has 1 unspecified atom stereocenters. The van der Waals surface area contributed by atoms with Gasteiger partial charge < -0.3 is 29.7 Å². The number of benzene rings is 2. The second-order valence-electron chi connectivity index (χ2n) is 8.64. The number of nitrogens with one attached hydrogen (secondary N) is 2. The van der Waals surface area contributed by atoms with Crippen LogP contribution in [0.4, 0.5) is 11.4 Å². The maximum Gasteiger partial charge on any atom is 0.246 e. The number of amides is 2. The topological polar surface area (TPSA) is 89.1 Å². The van der Waals surface area contributed by atoms with Crippen LogP contribution in [0.1, 0.15) is 44.6 Å². The van der Waals surface area contributed by atoms with Crippen LogP contribution in [0.25, 0.3) is 0 Å². The van der Waals surface area contributed by atoms with Gasteiger partial charge in [0.05, 0.1) is 21.3 Å². The van der Waals surface area contributed by atoms with E-state index in [1.54, 1.807) is 27.4 Å². The summed E-state index contributed by atoms with van der Waals surface area (Å²) >= 11 is 0. The number of hydrogen-bond acceptors (Lipinski definition) is 6. The maximum atomic E-state index is 13.0. The first kappa shape index (κ1) is 26.2. The van der Waals surface area contributed by atoms with E-state index in [9.17, 15) is 9.59 Å². The van der Waals surface area contributed by atoms with Gasteiger partial charge in [-0.15, -0.1) is 0 Å². The highest BCUT2D eigenvalue weighted by atomic mass is 16.5. The Bertz CT molecular complexity index is 1000. The van der Waals surface area contributed by atoms with Gasteiger partial charge in [-0.3, -0.25) is 9.59 Å². The molecular formula is C27H37N3O5. The van der Waals surface area contributed by atoms with Gasteiger partial charge in [0.25, 0.3) is 0 Å². The number of anilines is 2. The number of methoxy groups -OCH3 is 3. The molecule has 1 aliphatic heterocycles. The number of nitrogens with zero attached hydrogens (tertiary/aromatic N) is 1. The van der Waals surface area contributed by atoms with Crippen molar-refractivity contribution in [3.05, 3.63) is 42.0 Å². The Hall–Kier alpha value is -3.42. The maximum absolute atomic E-state index is 13.0. The monoisotopic (exact) mass is 483 g/mol. The van der Waals surface area contributed by atoms with Crippen LogP contribution in [-0.4, -0.2) is 52.3 Å². The third kappa shape index (κ3) is 6.81. The molecule has 0 spiro atoms. The molecule has 8 heteroatoms. The molecule has 0 radical (unpaired) electrons. The summed E-state index contributed by atoms with van der Waals surface area (Å²) in [4.78, 5) is 28.1. The summed E-state index contributed by atoms with van der Waals surface area (Å²) in [5.74, 6) is 1.20. The molecule has 0 aliphatic carbocycles. The number of ether oxygens (including phenoxy) is 3. The van der Waals surface area contributed by atoms with Crippen molar-refractivity contribution in [2.75, 3.05) is 44.6 Å². The smallest absolute Gasteiger partial charge is 0.246 e. The molecule has 190 valence electrons. The fourth-order valence-corrected chi connectivity index (χ4v) is 4.42.